The summed E-state index contributed by atoms with van der Waals surface area (Å²) in [5, 5.41) is 9.56. The molecule has 0 N–H and O–H groups in total. The largest absolute Gasteiger partial charge is 0.309 e. The summed E-state index contributed by atoms with van der Waals surface area (Å²) in [6.45, 7) is 0. The first-order valence-corrected chi connectivity index (χ1v) is 46.9. The summed E-state index contributed by atoms with van der Waals surface area (Å²) in [4.78, 5) is 0. The van der Waals surface area contributed by atoms with Gasteiger partial charge in [0.2, 0.25) is 0 Å². The Hall–Kier alpha value is -18.0. The molecule has 0 aliphatic rings. The molecule has 0 bridgehead atoms. The van der Waals surface area contributed by atoms with Crippen LogP contribution in [0, 0.1) is 0 Å². The molecule has 4 aromatic heterocycles. The second kappa shape index (κ2) is 33.1. The molecule has 0 aliphatic heterocycles. The van der Waals surface area contributed by atoms with Gasteiger partial charge in [0.05, 0.1) is 44.1 Å². The summed E-state index contributed by atoms with van der Waals surface area (Å²) in [7, 11) is 0. The lowest BCUT2D eigenvalue weighted by molar-refractivity contribution is 1.18. The molecule has 4 heteroatoms. The maximum Gasteiger partial charge on any atom is 0.0541 e. The molecule has 4 heterocycles. The third-order valence-electron chi connectivity index (χ3n) is 27.9. The van der Waals surface area contributed by atoms with E-state index in [1.54, 1.807) is 0 Å². The van der Waals surface area contributed by atoms with Gasteiger partial charge in [-0.2, -0.15) is 0 Å². The highest BCUT2D eigenvalue weighted by molar-refractivity contribution is 6.17. The zero-order chi connectivity index (χ0) is 89.7. The Morgan fingerprint density at radius 2 is 0.213 bits per heavy atom. The first-order valence-electron chi connectivity index (χ1n) is 46.9. The van der Waals surface area contributed by atoms with E-state index >= 15 is 0 Å². The molecule has 26 rings (SSSR count). The Morgan fingerprint density at radius 1 is 0.0809 bits per heavy atom. The van der Waals surface area contributed by atoms with Gasteiger partial charge < -0.3 is 18.3 Å². The summed E-state index contributed by atoms with van der Waals surface area (Å²) in [6, 6.07) is 193. The highest BCUT2D eigenvalue weighted by Gasteiger charge is 2.24. The fourth-order valence-electron chi connectivity index (χ4n) is 21.2. The van der Waals surface area contributed by atoms with Crippen molar-refractivity contribution in [1.29, 1.82) is 0 Å². The van der Waals surface area contributed by atoms with E-state index in [-0.39, 0.29) is 0 Å². The Bertz CT molecular complexity index is 8510. The maximum absolute atomic E-state index is 2.47. The van der Waals surface area contributed by atoms with Gasteiger partial charge in [0.25, 0.3) is 0 Å². The lowest BCUT2D eigenvalue weighted by Crippen LogP contribution is -1.95. The van der Waals surface area contributed by atoms with Crippen LogP contribution in [-0.2, 0) is 0 Å². The second-order valence-corrected chi connectivity index (χ2v) is 35.9. The average Bonchev–Trinajstić information content (AvgIpc) is 1.58. The van der Waals surface area contributed by atoms with Gasteiger partial charge in [-0.1, -0.05) is 328 Å². The van der Waals surface area contributed by atoms with E-state index in [2.05, 4.69) is 540 Å². The molecule has 0 radical (unpaired) electrons. The van der Waals surface area contributed by atoms with E-state index in [1.165, 1.54) is 121 Å². The van der Waals surface area contributed by atoms with Crippen molar-refractivity contribution in [3.8, 4) is 167 Å². The van der Waals surface area contributed by atoms with E-state index in [0.717, 1.165) is 134 Å². The van der Waals surface area contributed by atoms with Crippen LogP contribution in [0.5, 0.6) is 0 Å². The lowest BCUT2D eigenvalue weighted by atomic mass is 9.93. The zero-order valence-corrected chi connectivity index (χ0v) is 74.4. The van der Waals surface area contributed by atoms with E-state index in [9.17, 15) is 0 Å². The van der Waals surface area contributed by atoms with Gasteiger partial charge in [0.15, 0.2) is 0 Å². The quantitative estimate of drug-likeness (QED) is 0.0866. The van der Waals surface area contributed by atoms with Crippen molar-refractivity contribution in [2.45, 2.75) is 0 Å². The average molecular weight is 1730 g/mol. The monoisotopic (exact) mass is 1730 g/mol. The number of aromatic nitrogens is 4. The fraction of sp³-hybridized carbons (Fsp3) is 0. The van der Waals surface area contributed by atoms with E-state index in [1.807, 2.05) is 0 Å². The molecule has 0 amide bonds. The minimum absolute atomic E-state index is 1.10. The first kappa shape index (κ1) is 79.0. The van der Waals surface area contributed by atoms with E-state index in [0.29, 0.717) is 0 Å². The predicted octanol–water partition coefficient (Wildman–Crippen LogP) is 35.7. The highest BCUT2D eigenvalue weighted by atomic mass is 15.0. The summed E-state index contributed by atoms with van der Waals surface area (Å²) in [6.07, 6.45) is 0. The van der Waals surface area contributed by atoms with E-state index in [4.69, 9.17) is 0 Å². The van der Waals surface area contributed by atoms with Gasteiger partial charge in [-0.25, -0.2) is 0 Å². The molecule has 634 valence electrons. The van der Waals surface area contributed by atoms with Gasteiger partial charge in [0, 0.05) is 65.8 Å². The van der Waals surface area contributed by atoms with Gasteiger partial charge >= 0.3 is 0 Å². The van der Waals surface area contributed by atoms with Crippen molar-refractivity contribution < 1.29 is 0 Å². The minimum atomic E-state index is 1.10. The molecule has 0 saturated carbocycles. The van der Waals surface area contributed by atoms with Gasteiger partial charge in [0.1, 0.15) is 0 Å². The Labute approximate surface area is 789 Å². The zero-order valence-electron chi connectivity index (χ0n) is 74.4. The number of benzene rings is 22. The van der Waals surface area contributed by atoms with Crippen molar-refractivity contribution >= 4 is 87.2 Å². The minimum Gasteiger partial charge on any atom is -0.309 e. The number of hydrogen-bond acceptors (Lipinski definition) is 0. The maximum atomic E-state index is 2.47. The van der Waals surface area contributed by atoms with Crippen LogP contribution in [0.15, 0.2) is 522 Å². The van der Waals surface area contributed by atoms with Crippen LogP contribution in [0.2, 0.25) is 0 Å². The molecule has 0 fully saturated rings. The van der Waals surface area contributed by atoms with Crippen molar-refractivity contribution in [1.82, 2.24) is 18.3 Å². The Morgan fingerprint density at radius 3 is 0.426 bits per heavy atom. The number of para-hydroxylation sites is 2. The number of fused-ring (bicyclic) bond motifs is 12. The van der Waals surface area contributed by atoms with Crippen LogP contribution < -0.4 is 0 Å². The molecule has 136 heavy (non-hydrogen) atoms. The molecule has 4 nitrogen and oxygen atoms in total. The van der Waals surface area contributed by atoms with Crippen molar-refractivity contribution in [2.75, 3.05) is 0 Å². The second-order valence-electron chi connectivity index (χ2n) is 35.9. The topological polar surface area (TPSA) is 19.7 Å². The smallest absolute Gasteiger partial charge is 0.0541 e. The number of hydrogen-bond donors (Lipinski definition) is 0. The van der Waals surface area contributed by atoms with Gasteiger partial charge in [-0.05, 0) is 339 Å². The predicted molar refractivity (Wildman–Crippen MR) is 574 cm³/mol. The van der Waals surface area contributed by atoms with Crippen LogP contribution in [0.4, 0.5) is 0 Å². The third kappa shape index (κ3) is 14.1. The summed E-state index contributed by atoms with van der Waals surface area (Å²) >= 11 is 0. The molecule has 22 aromatic carbocycles. The summed E-state index contributed by atoms with van der Waals surface area (Å²) in [5.74, 6) is 0. The molecular formula is C132H86N4. The Kier molecular flexibility index (Phi) is 19.3. The summed E-state index contributed by atoms with van der Waals surface area (Å²) in [5.41, 5.74) is 44.1. The normalized spacial score (nSPS) is 11.7. The number of rotatable bonds is 17. The third-order valence-corrected chi connectivity index (χ3v) is 27.9. The molecule has 0 spiro atoms. The molecule has 0 aliphatic carbocycles. The van der Waals surface area contributed by atoms with Crippen LogP contribution >= 0.6 is 0 Å². The highest BCUT2D eigenvalue weighted by Crippen LogP contribution is 2.47. The van der Waals surface area contributed by atoms with Gasteiger partial charge in [-0.3, -0.25) is 0 Å². The summed E-state index contributed by atoms with van der Waals surface area (Å²) < 4.78 is 9.80. The standard InChI is InChI=1S/C132H86N4/c1-9-29-87(30-10-1)99-53-61-129-117(79-99)123-85-105(59-67-131(123)135(129)115-51-27-45-97(77-115)111-73-107(89-33-13-3-14-34-89)71-108(74-111)90-35-15-4-16-36-90)103-57-65-127-121(83-103)119-81-101(55-63-125(119)133(127)113-47-21-7-22-48-113)95-43-25-41-93(69-95)94-42-26-44-96(70-94)102-56-64-126-120(82-102)122-84-104(58-66-128(122)134(126)114-49-23-8-24-50-114)106-60-68-132-124(86-106)118-80-100(88-31-11-2-12-32-88)54-62-130(118)136(132)116-52-28-46-98(78-116)112-75-109(91-37-17-5-18-38-91)72-110(76-112)92-39-19-6-20-40-92/h1-86H. The van der Waals surface area contributed by atoms with Crippen LogP contribution in [0.25, 0.3) is 255 Å². The van der Waals surface area contributed by atoms with Gasteiger partial charge in [-0.15, -0.1) is 0 Å². The fourth-order valence-corrected chi connectivity index (χ4v) is 21.2. The molecule has 0 saturated heterocycles. The first-order chi connectivity index (χ1) is 67.4. The van der Waals surface area contributed by atoms with Crippen molar-refractivity contribution in [3.63, 3.8) is 0 Å². The number of nitrogens with zero attached hydrogens (tertiary/aromatic N) is 4. The molecule has 0 atom stereocenters. The molecule has 0 unspecified atom stereocenters. The van der Waals surface area contributed by atoms with Crippen LogP contribution in [0.1, 0.15) is 0 Å². The van der Waals surface area contributed by atoms with Crippen molar-refractivity contribution in [3.05, 3.63) is 522 Å². The molecular weight excluding hydrogens is 1640 g/mol. The van der Waals surface area contributed by atoms with Crippen LogP contribution in [0.3, 0.4) is 0 Å². The van der Waals surface area contributed by atoms with E-state index < -0.39 is 0 Å². The lowest BCUT2D eigenvalue weighted by Gasteiger charge is -2.14. The Balaban J connectivity index is 0.552. The SMILES string of the molecule is c1ccc(-c2cc(-c3ccccc3)cc(-c3cccc(-n4c5ccc(-c6ccccc6)cc5c5cc(-c6ccc7c(c6)c6cc(-c8cccc(-c9cccc(-c%10ccc%11c(c%10)c%10cc(-c%12ccc%13c(c%12)c%12cc(-c%14ccccc%14)ccc%12n%13-c%12cccc(-c%13cc(-c%14ccccc%14)cc(-c%14ccccc%14)c%13)c%12)ccc%10n%11-c%10ccccc%10)c9)c8)ccc6n7-c6ccccc6)ccc54)c3)c2)cc1. The van der Waals surface area contributed by atoms with Crippen molar-refractivity contribution in [2.24, 2.45) is 0 Å². The van der Waals surface area contributed by atoms with Crippen LogP contribution in [-0.4, -0.2) is 18.3 Å². The molecule has 26 aromatic rings.